The molecule has 22 heavy (non-hydrogen) atoms. The van der Waals surface area contributed by atoms with Crippen LogP contribution in [0.15, 0.2) is 48.5 Å². The van der Waals surface area contributed by atoms with Gasteiger partial charge in [0.15, 0.2) is 5.78 Å². The maximum absolute atomic E-state index is 12.4. The molecule has 0 radical (unpaired) electrons. The van der Waals surface area contributed by atoms with Crippen LogP contribution >= 0.6 is 23.2 Å². The number of allylic oxidation sites excluding steroid dienone is 1. The number of alkyl halides is 3. The van der Waals surface area contributed by atoms with E-state index in [0.29, 0.717) is 16.1 Å². The fraction of sp³-hybridized carbons (Fsp3) is 0.0625. The van der Waals surface area contributed by atoms with Crippen molar-refractivity contribution < 1.29 is 18.0 Å². The Morgan fingerprint density at radius 3 is 2.14 bits per heavy atom. The van der Waals surface area contributed by atoms with Crippen LogP contribution < -0.4 is 0 Å². The number of carbonyl (C=O) groups is 1. The van der Waals surface area contributed by atoms with Crippen LogP contribution in [0.25, 0.3) is 6.08 Å². The summed E-state index contributed by atoms with van der Waals surface area (Å²) >= 11 is 11.6. The van der Waals surface area contributed by atoms with Crippen molar-refractivity contribution in [1.29, 1.82) is 0 Å². The number of rotatable bonds is 3. The van der Waals surface area contributed by atoms with Crippen LogP contribution in [0.1, 0.15) is 21.5 Å². The minimum atomic E-state index is -4.38. The topological polar surface area (TPSA) is 17.1 Å². The van der Waals surface area contributed by atoms with Crippen molar-refractivity contribution in [2.75, 3.05) is 0 Å². The van der Waals surface area contributed by atoms with Gasteiger partial charge in [0.2, 0.25) is 0 Å². The highest BCUT2D eigenvalue weighted by Crippen LogP contribution is 2.29. The normalized spacial score (nSPS) is 11.9. The molecule has 0 heterocycles. The number of halogens is 5. The first-order chi connectivity index (χ1) is 10.3. The Morgan fingerprint density at radius 2 is 1.59 bits per heavy atom. The first-order valence-electron chi connectivity index (χ1n) is 6.12. The summed E-state index contributed by atoms with van der Waals surface area (Å²) in [5.41, 5.74) is 0.0967. The van der Waals surface area contributed by atoms with Gasteiger partial charge in [0.05, 0.1) is 15.6 Å². The molecule has 0 aliphatic rings. The SMILES string of the molecule is O=C(/C=C/c1ccc(C(F)(F)F)cc1)c1ccc(Cl)c(Cl)c1. The Balaban J connectivity index is 2.14. The van der Waals surface area contributed by atoms with Crippen molar-refractivity contribution in [2.24, 2.45) is 0 Å². The summed E-state index contributed by atoms with van der Waals surface area (Å²) < 4.78 is 37.3. The molecule has 0 atom stereocenters. The molecule has 2 rings (SSSR count). The average Bonchev–Trinajstić information content (AvgIpc) is 2.47. The van der Waals surface area contributed by atoms with E-state index < -0.39 is 11.7 Å². The smallest absolute Gasteiger partial charge is 0.289 e. The molecule has 0 bridgehead atoms. The fourth-order valence-corrected chi connectivity index (χ4v) is 2.00. The van der Waals surface area contributed by atoms with Gasteiger partial charge in [-0.1, -0.05) is 41.4 Å². The van der Waals surface area contributed by atoms with E-state index in [-0.39, 0.29) is 10.8 Å². The van der Waals surface area contributed by atoms with Gasteiger partial charge >= 0.3 is 6.18 Å². The number of ketones is 1. The molecule has 0 fully saturated rings. The van der Waals surface area contributed by atoms with Gasteiger partial charge in [0, 0.05) is 5.56 Å². The van der Waals surface area contributed by atoms with E-state index in [1.165, 1.54) is 42.5 Å². The van der Waals surface area contributed by atoms with E-state index in [4.69, 9.17) is 23.2 Å². The van der Waals surface area contributed by atoms with Crippen LogP contribution in [0.3, 0.4) is 0 Å². The Labute approximate surface area is 135 Å². The third kappa shape index (κ3) is 4.12. The quantitative estimate of drug-likeness (QED) is 0.499. The van der Waals surface area contributed by atoms with E-state index in [9.17, 15) is 18.0 Å². The summed E-state index contributed by atoms with van der Waals surface area (Å²) in [6.07, 6.45) is -1.68. The van der Waals surface area contributed by atoms with Crippen LogP contribution in [0.5, 0.6) is 0 Å². The third-order valence-electron chi connectivity index (χ3n) is 2.87. The predicted molar refractivity (Wildman–Crippen MR) is 81.3 cm³/mol. The number of carbonyl (C=O) groups excluding carboxylic acids is 1. The number of hydrogen-bond acceptors (Lipinski definition) is 1. The standard InChI is InChI=1S/C16H9Cl2F3O/c17-13-7-4-11(9-14(13)18)15(22)8-3-10-1-5-12(6-2-10)16(19,20)21/h1-9H/b8-3+. The Bertz CT molecular complexity index is 719. The fourth-order valence-electron chi connectivity index (χ4n) is 1.70. The Hall–Kier alpha value is -1.78. The van der Waals surface area contributed by atoms with Gasteiger partial charge < -0.3 is 0 Å². The van der Waals surface area contributed by atoms with E-state index in [2.05, 4.69) is 0 Å². The van der Waals surface area contributed by atoms with Gasteiger partial charge in [-0.3, -0.25) is 4.79 Å². The number of benzene rings is 2. The molecule has 0 aliphatic carbocycles. The molecular weight excluding hydrogens is 336 g/mol. The van der Waals surface area contributed by atoms with E-state index >= 15 is 0 Å². The summed E-state index contributed by atoms with van der Waals surface area (Å²) in [7, 11) is 0. The molecular formula is C16H9Cl2F3O. The van der Waals surface area contributed by atoms with Crippen LogP contribution in [-0.2, 0) is 6.18 Å². The van der Waals surface area contributed by atoms with Crippen molar-refractivity contribution in [1.82, 2.24) is 0 Å². The van der Waals surface area contributed by atoms with Gasteiger partial charge in [-0.05, 0) is 42.0 Å². The molecule has 0 amide bonds. The Morgan fingerprint density at radius 1 is 0.955 bits per heavy atom. The molecule has 114 valence electrons. The molecule has 0 saturated carbocycles. The highest BCUT2D eigenvalue weighted by molar-refractivity contribution is 6.42. The van der Waals surface area contributed by atoms with Crippen LogP contribution in [0.2, 0.25) is 10.0 Å². The van der Waals surface area contributed by atoms with Crippen LogP contribution in [0.4, 0.5) is 13.2 Å². The summed E-state index contributed by atoms with van der Waals surface area (Å²) in [5.74, 6) is -0.321. The zero-order valence-electron chi connectivity index (χ0n) is 11.0. The second kappa shape index (κ2) is 6.55. The van der Waals surface area contributed by atoms with Crippen molar-refractivity contribution in [2.45, 2.75) is 6.18 Å². The van der Waals surface area contributed by atoms with Crippen molar-refractivity contribution in [3.8, 4) is 0 Å². The molecule has 2 aromatic carbocycles. The first kappa shape index (κ1) is 16.6. The van der Waals surface area contributed by atoms with Crippen LogP contribution in [0, 0.1) is 0 Å². The van der Waals surface area contributed by atoms with Gasteiger partial charge in [-0.15, -0.1) is 0 Å². The highest BCUT2D eigenvalue weighted by atomic mass is 35.5. The van der Waals surface area contributed by atoms with E-state index in [1.807, 2.05) is 0 Å². The van der Waals surface area contributed by atoms with Crippen LogP contribution in [-0.4, -0.2) is 5.78 Å². The lowest BCUT2D eigenvalue weighted by atomic mass is 10.1. The lowest BCUT2D eigenvalue weighted by Gasteiger charge is -2.05. The highest BCUT2D eigenvalue weighted by Gasteiger charge is 2.29. The molecule has 1 nitrogen and oxygen atoms in total. The molecule has 0 N–H and O–H groups in total. The maximum Gasteiger partial charge on any atom is 0.416 e. The second-order valence-corrected chi connectivity index (χ2v) is 5.26. The summed E-state index contributed by atoms with van der Waals surface area (Å²) in [6.45, 7) is 0. The maximum atomic E-state index is 12.4. The predicted octanol–water partition coefficient (Wildman–Crippen LogP) is 5.91. The lowest BCUT2D eigenvalue weighted by Crippen LogP contribution is -2.04. The molecule has 6 heteroatoms. The molecule has 0 unspecified atom stereocenters. The van der Waals surface area contributed by atoms with Gasteiger partial charge in [0.25, 0.3) is 0 Å². The average molecular weight is 345 g/mol. The Kier molecular flexibility index (Phi) is 4.94. The second-order valence-electron chi connectivity index (χ2n) is 4.45. The lowest BCUT2D eigenvalue weighted by molar-refractivity contribution is -0.137. The summed E-state index contributed by atoms with van der Waals surface area (Å²) in [5, 5.41) is 0.598. The molecule has 2 aromatic rings. The molecule has 0 aromatic heterocycles. The summed E-state index contributed by atoms with van der Waals surface area (Å²) in [6, 6.07) is 8.97. The minimum Gasteiger partial charge on any atom is -0.289 e. The molecule has 0 spiro atoms. The van der Waals surface area contributed by atoms with Gasteiger partial charge in [0.1, 0.15) is 0 Å². The minimum absolute atomic E-state index is 0.260. The monoisotopic (exact) mass is 344 g/mol. The zero-order valence-corrected chi connectivity index (χ0v) is 12.5. The van der Waals surface area contributed by atoms with Crippen molar-refractivity contribution in [3.05, 3.63) is 75.3 Å². The molecule has 0 saturated heterocycles. The third-order valence-corrected chi connectivity index (χ3v) is 3.61. The van der Waals surface area contributed by atoms with E-state index in [0.717, 1.165) is 12.1 Å². The number of hydrogen-bond donors (Lipinski definition) is 0. The summed E-state index contributed by atoms with van der Waals surface area (Å²) in [4.78, 5) is 11.9. The van der Waals surface area contributed by atoms with Crippen molar-refractivity contribution in [3.63, 3.8) is 0 Å². The zero-order chi connectivity index (χ0) is 16.3. The van der Waals surface area contributed by atoms with Gasteiger partial charge in [-0.25, -0.2) is 0 Å². The molecule has 0 aliphatic heterocycles. The largest absolute Gasteiger partial charge is 0.416 e. The van der Waals surface area contributed by atoms with Gasteiger partial charge in [-0.2, -0.15) is 13.2 Å². The van der Waals surface area contributed by atoms with E-state index in [1.54, 1.807) is 0 Å². The first-order valence-corrected chi connectivity index (χ1v) is 6.88. The van der Waals surface area contributed by atoms with Crippen molar-refractivity contribution >= 4 is 35.1 Å².